The van der Waals surface area contributed by atoms with Crippen molar-refractivity contribution in [1.29, 1.82) is 0 Å². The van der Waals surface area contributed by atoms with Crippen molar-refractivity contribution < 1.29 is 4.39 Å². The molecule has 0 aromatic heterocycles. The molecule has 1 nitrogen and oxygen atoms in total. The highest BCUT2D eigenvalue weighted by atomic mass is 35.5. The van der Waals surface area contributed by atoms with E-state index in [4.69, 9.17) is 11.6 Å². The molecule has 1 atom stereocenters. The minimum Gasteiger partial charge on any atom is -0.313 e. The van der Waals surface area contributed by atoms with E-state index in [2.05, 4.69) is 12.2 Å². The van der Waals surface area contributed by atoms with E-state index in [0.717, 1.165) is 18.9 Å². The lowest BCUT2D eigenvalue weighted by atomic mass is 9.78. The molecule has 0 radical (unpaired) electrons. The van der Waals surface area contributed by atoms with Gasteiger partial charge in [0, 0.05) is 23.2 Å². The van der Waals surface area contributed by atoms with Crippen molar-refractivity contribution in [2.24, 2.45) is 11.3 Å². The summed E-state index contributed by atoms with van der Waals surface area (Å²) in [6.45, 7) is 3.26. The smallest absolute Gasteiger partial charge is 0.127 e. The standard InChI is InChI=1S/C16H21ClFN/c1-16(11-5-6-11,10-19-12-7-8-12)9-13-14(17)3-2-4-15(13)18/h2-4,11-12,19H,5-10H2,1H3. The summed E-state index contributed by atoms with van der Waals surface area (Å²) in [4.78, 5) is 0. The third kappa shape index (κ3) is 3.11. The van der Waals surface area contributed by atoms with E-state index >= 15 is 0 Å². The van der Waals surface area contributed by atoms with Crippen molar-refractivity contribution in [3.05, 3.63) is 34.6 Å². The molecule has 2 aliphatic carbocycles. The van der Waals surface area contributed by atoms with E-state index in [9.17, 15) is 4.39 Å². The summed E-state index contributed by atoms with van der Waals surface area (Å²) in [5.41, 5.74) is 0.824. The molecule has 0 heterocycles. The maximum atomic E-state index is 14.0. The fraction of sp³-hybridized carbons (Fsp3) is 0.625. The molecular formula is C16H21ClFN. The molecule has 19 heavy (non-hydrogen) atoms. The number of nitrogens with one attached hydrogen (secondary N) is 1. The zero-order chi connectivity index (χ0) is 13.5. The van der Waals surface area contributed by atoms with E-state index < -0.39 is 0 Å². The van der Waals surface area contributed by atoms with Crippen LogP contribution in [0.4, 0.5) is 4.39 Å². The lowest BCUT2D eigenvalue weighted by Crippen LogP contribution is -2.37. The Balaban J connectivity index is 1.76. The molecule has 3 heteroatoms. The van der Waals surface area contributed by atoms with E-state index in [-0.39, 0.29) is 11.2 Å². The van der Waals surface area contributed by atoms with Crippen LogP contribution in [0, 0.1) is 17.2 Å². The summed E-state index contributed by atoms with van der Waals surface area (Å²) in [6.07, 6.45) is 5.87. The van der Waals surface area contributed by atoms with Gasteiger partial charge < -0.3 is 5.32 Å². The van der Waals surface area contributed by atoms with Gasteiger partial charge in [-0.15, -0.1) is 0 Å². The maximum Gasteiger partial charge on any atom is 0.127 e. The van der Waals surface area contributed by atoms with Crippen LogP contribution in [0.25, 0.3) is 0 Å². The fourth-order valence-corrected chi connectivity index (χ4v) is 3.13. The summed E-state index contributed by atoms with van der Waals surface area (Å²) in [5, 5.41) is 4.18. The van der Waals surface area contributed by atoms with E-state index in [1.54, 1.807) is 12.1 Å². The van der Waals surface area contributed by atoms with Crippen molar-refractivity contribution >= 4 is 11.6 Å². The van der Waals surface area contributed by atoms with Crippen molar-refractivity contribution in [2.45, 2.75) is 45.1 Å². The molecule has 0 bridgehead atoms. The lowest BCUT2D eigenvalue weighted by molar-refractivity contribution is 0.252. The van der Waals surface area contributed by atoms with Gasteiger partial charge in [0.1, 0.15) is 5.82 Å². The normalized spacial score (nSPS) is 22.3. The van der Waals surface area contributed by atoms with Crippen LogP contribution in [-0.4, -0.2) is 12.6 Å². The Morgan fingerprint density at radius 1 is 1.32 bits per heavy atom. The van der Waals surface area contributed by atoms with Crippen LogP contribution >= 0.6 is 11.6 Å². The topological polar surface area (TPSA) is 12.0 Å². The SMILES string of the molecule is CC(CNC1CC1)(Cc1c(F)cccc1Cl)C1CC1. The second-order valence-corrected chi connectivity index (χ2v) is 6.87. The fourth-order valence-electron chi connectivity index (χ4n) is 2.90. The number of hydrogen-bond acceptors (Lipinski definition) is 1. The molecule has 0 aliphatic heterocycles. The largest absolute Gasteiger partial charge is 0.313 e. The van der Waals surface area contributed by atoms with Crippen molar-refractivity contribution in [2.75, 3.05) is 6.54 Å². The highest BCUT2D eigenvalue weighted by Gasteiger charge is 2.42. The average Bonchev–Trinajstić information content (AvgIpc) is 3.25. The molecule has 1 N–H and O–H groups in total. The summed E-state index contributed by atoms with van der Waals surface area (Å²) >= 11 is 6.18. The molecule has 2 aliphatic rings. The zero-order valence-electron chi connectivity index (χ0n) is 11.4. The summed E-state index contributed by atoms with van der Waals surface area (Å²) < 4.78 is 14.0. The zero-order valence-corrected chi connectivity index (χ0v) is 12.1. The molecule has 1 aromatic rings. The van der Waals surface area contributed by atoms with Gasteiger partial charge in [0.25, 0.3) is 0 Å². The van der Waals surface area contributed by atoms with Gasteiger partial charge in [0.15, 0.2) is 0 Å². The average molecular weight is 282 g/mol. The molecule has 0 spiro atoms. The van der Waals surface area contributed by atoms with E-state index in [0.29, 0.717) is 16.6 Å². The highest BCUT2D eigenvalue weighted by Crippen LogP contribution is 2.48. The number of benzene rings is 1. The monoisotopic (exact) mass is 281 g/mol. The van der Waals surface area contributed by atoms with Gasteiger partial charge in [0.2, 0.25) is 0 Å². The molecule has 2 fully saturated rings. The molecule has 1 aromatic carbocycles. The van der Waals surface area contributed by atoms with E-state index in [1.807, 2.05) is 0 Å². The van der Waals surface area contributed by atoms with Crippen LogP contribution in [0.1, 0.15) is 38.2 Å². The van der Waals surface area contributed by atoms with Crippen molar-refractivity contribution in [3.63, 3.8) is 0 Å². The lowest BCUT2D eigenvalue weighted by Gasteiger charge is -2.31. The molecule has 104 valence electrons. The summed E-state index contributed by atoms with van der Waals surface area (Å²) in [6, 6.07) is 5.69. The Kier molecular flexibility index (Phi) is 3.57. The van der Waals surface area contributed by atoms with Gasteiger partial charge in [0.05, 0.1) is 0 Å². The first-order chi connectivity index (χ1) is 9.08. The third-order valence-electron chi connectivity index (χ3n) is 4.58. The Hall–Kier alpha value is -0.600. The van der Waals surface area contributed by atoms with Crippen LogP contribution in [0.5, 0.6) is 0 Å². The molecule has 3 rings (SSSR count). The Labute approximate surface area is 119 Å². The Bertz CT molecular complexity index is 448. The first kappa shape index (κ1) is 13.4. The van der Waals surface area contributed by atoms with E-state index in [1.165, 1.54) is 31.7 Å². The molecule has 2 saturated carbocycles. The number of rotatable bonds is 6. The van der Waals surface area contributed by atoms with Gasteiger partial charge in [-0.2, -0.15) is 0 Å². The Morgan fingerprint density at radius 3 is 2.63 bits per heavy atom. The van der Waals surface area contributed by atoms with Crippen LogP contribution in [0.15, 0.2) is 18.2 Å². The summed E-state index contributed by atoms with van der Waals surface area (Å²) in [7, 11) is 0. The summed E-state index contributed by atoms with van der Waals surface area (Å²) in [5.74, 6) is 0.556. The molecular weight excluding hydrogens is 261 g/mol. The second kappa shape index (κ2) is 5.06. The highest BCUT2D eigenvalue weighted by molar-refractivity contribution is 6.31. The predicted molar refractivity (Wildman–Crippen MR) is 77.0 cm³/mol. The molecule has 0 amide bonds. The predicted octanol–water partition coefficient (Wildman–Crippen LogP) is 4.19. The molecule has 1 unspecified atom stereocenters. The van der Waals surface area contributed by atoms with Crippen LogP contribution < -0.4 is 5.32 Å². The minimum atomic E-state index is -0.161. The minimum absolute atomic E-state index is 0.133. The quantitative estimate of drug-likeness (QED) is 0.824. The molecule has 0 saturated heterocycles. The van der Waals surface area contributed by atoms with Crippen LogP contribution in [0.2, 0.25) is 5.02 Å². The Morgan fingerprint density at radius 2 is 2.05 bits per heavy atom. The number of hydrogen-bond donors (Lipinski definition) is 1. The second-order valence-electron chi connectivity index (χ2n) is 6.46. The van der Waals surface area contributed by atoms with Crippen molar-refractivity contribution in [3.8, 4) is 0 Å². The van der Waals surface area contributed by atoms with Gasteiger partial charge in [-0.1, -0.05) is 24.6 Å². The van der Waals surface area contributed by atoms with Gasteiger partial charge in [-0.05, 0) is 55.6 Å². The van der Waals surface area contributed by atoms with Gasteiger partial charge in [-0.25, -0.2) is 4.39 Å². The first-order valence-electron chi connectivity index (χ1n) is 7.25. The van der Waals surface area contributed by atoms with Gasteiger partial charge in [-0.3, -0.25) is 0 Å². The van der Waals surface area contributed by atoms with Gasteiger partial charge >= 0.3 is 0 Å². The van der Waals surface area contributed by atoms with Crippen LogP contribution in [0.3, 0.4) is 0 Å². The third-order valence-corrected chi connectivity index (χ3v) is 4.93. The van der Waals surface area contributed by atoms with Crippen LogP contribution in [-0.2, 0) is 6.42 Å². The van der Waals surface area contributed by atoms with Crippen molar-refractivity contribution in [1.82, 2.24) is 5.32 Å². The number of halogens is 2. The maximum absolute atomic E-state index is 14.0. The first-order valence-corrected chi connectivity index (χ1v) is 7.62.